The molecule has 6 heteroatoms. The van der Waals surface area contributed by atoms with E-state index in [1.54, 1.807) is 11.3 Å². The topological polar surface area (TPSA) is 64.5 Å². The van der Waals surface area contributed by atoms with Crippen LogP contribution in [0.3, 0.4) is 0 Å². The van der Waals surface area contributed by atoms with Crippen molar-refractivity contribution in [2.75, 3.05) is 0 Å². The summed E-state index contributed by atoms with van der Waals surface area (Å²) in [4.78, 5) is 26.2. The fourth-order valence-corrected chi connectivity index (χ4v) is 9.04. The van der Waals surface area contributed by atoms with E-state index in [0.29, 0.717) is 23.3 Å². The quantitative estimate of drug-likeness (QED) is 0.153. The Hall–Kier alpha value is -7.93. The van der Waals surface area contributed by atoms with Gasteiger partial charge in [-0.2, -0.15) is 0 Å². The molecule has 3 aromatic heterocycles. The maximum absolute atomic E-state index is 5.41. The monoisotopic (exact) mass is 797 g/mol. The average molecular weight is 798 g/mol. The molecule has 286 valence electrons. The molecule has 0 atom stereocenters. The van der Waals surface area contributed by atoms with Crippen molar-refractivity contribution in [1.82, 2.24) is 24.9 Å². The van der Waals surface area contributed by atoms with Gasteiger partial charge in [0.15, 0.2) is 23.3 Å². The maximum Gasteiger partial charge on any atom is 0.164 e. The van der Waals surface area contributed by atoms with Crippen LogP contribution in [0.4, 0.5) is 0 Å². The maximum atomic E-state index is 5.41. The van der Waals surface area contributed by atoms with E-state index in [1.807, 2.05) is 66.7 Å². The van der Waals surface area contributed by atoms with E-state index in [-0.39, 0.29) is 0 Å². The molecule has 0 aliphatic carbocycles. The van der Waals surface area contributed by atoms with E-state index in [1.165, 1.54) is 4.70 Å². The number of nitrogens with zero attached hydrogens (tertiary/aromatic N) is 5. The van der Waals surface area contributed by atoms with E-state index in [2.05, 4.69) is 146 Å². The number of aromatic nitrogens is 5. The number of rotatable bonds is 8. The molecular weight excluding hydrogens is 763 g/mol. The minimum atomic E-state index is 0.559. The second-order valence-electron chi connectivity index (χ2n) is 14.9. The fourth-order valence-electron chi connectivity index (χ4n) is 7.89. The summed E-state index contributed by atoms with van der Waals surface area (Å²) in [5.74, 6) is 2.38. The lowest BCUT2D eigenvalue weighted by atomic mass is 9.91. The highest BCUT2D eigenvalue weighted by Gasteiger charge is 2.20. The summed E-state index contributed by atoms with van der Waals surface area (Å²) in [6.45, 7) is 0. The van der Waals surface area contributed by atoms with Gasteiger partial charge in [0.2, 0.25) is 0 Å². The molecule has 0 saturated carbocycles. The van der Waals surface area contributed by atoms with Crippen molar-refractivity contribution in [3.63, 3.8) is 0 Å². The number of hydrogen-bond donors (Lipinski definition) is 0. The molecule has 11 aromatic rings. The molecule has 0 spiro atoms. The summed E-state index contributed by atoms with van der Waals surface area (Å²) < 4.78 is 2.24. The Morgan fingerprint density at radius 2 is 0.607 bits per heavy atom. The van der Waals surface area contributed by atoms with Gasteiger partial charge in [-0.25, -0.2) is 24.9 Å². The van der Waals surface area contributed by atoms with Crippen molar-refractivity contribution in [1.29, 1.82) is 0 Å². The molecular formula is C55H35N5S. The first-order valence-electron chi connectivity index (χ1n) is 20.2. The van der Waals surface area contributed by atoms with Gasteiger partial charge in [0, 0.05) is 37.9 Å². The van der Waals surface area contributed by atoms with Crippen LogP contribution in [0.5, 0.6) is 0 Å². The molecule has 0 radical (unpaired) electrons. The van der Waals surface area contributed by atoms with Gasteiger partial charge < -0.3 is 0 Å². The molecule has 3 heterocycles. The fraction of sp³-hybridized carbons (Fsp3) is 0. The zero-order valence-electron chi connectivity index (χ0n) is 32.9. The van der Waals surface area contributed by atoms with Gasteiger partial charge in [0.1, 0.15) is 0 Å². The SMILES string of the molecule is c1ccc(-c2cc(-c3ccccc3)cc(-c3cc(-c4nc(-c5ccccc5)nc(-c5ccccc5)n4)cc(-c4nc(-c5ccccc5)c5sc6ccccc6c5n4)c3)c2)cc1. The number of fused-ring (bicyclic) bond motifs is 3. The van der Waals surface area contributed by atoms with Crippen molar-refractivity contribution >= 4 is 31.6 Å². The number of hydrogen-bond acceptors (Lipinski definition) is 6. The van der Waals surface area contributed by atoms with Crippen molar-refractivity contribution in [2.45, 2.75) is 0 Å². The zero-order chi connectivity index (χ0) is 40.5. The molecule has 5 nitrogen and oxygen atoms in total. The van der Waals surface area contributed by atoms with Crippen LogP contribution < -0.4 is 0 Å². The van der Waals surface area contributed by atoms with Crippen LogP contribution in [-0.4, -0.2) is 24.9 Å². The molecule has 0 amide bonds. The Labute approximate surface area is 357 Å². The first-order valence-corrected chi connectivity index (χ1v) is 21.1. The molecule has 0 fully saturated rings. The summed E-state index contributed by atoms with van der Waals surface area (Å²) in [5.41, 5.74) is 13.0. The molecule has 0 N–H and O–H groups in total. The van der Waals surface area contributed by atoms with E-state index in [9.17, 15) is 0 Å². The van der Waals surface area contributed by atoms with Crippen LogP contribution in [0.1, 0.15) is 0 Å². The third-order valence-electron chi connectivity index (χ3n) is 10.9. The molecule has 0 aliphatic rings. The van der Waals surface area contributed by atoms with Gasteiger partial charge in [-0.05, 0) is 75.8 Å². The Balaban J connectivity index is 1.20. The second-order valence-corrected chi connectivity index (χ2v) is 16.0. The van der Waals surface area contributed by atoms with Gasteiger partial charge in [-0.3, -0.25) is 0 Å². The minimum Gasteiger partial charge on any atom is -0.226 e. The Morgan fingerprint density at radius 3 is 1.10 bits per heavy atom. The standard InChI is InChI=1S/C55H35N5S/c1-6-18-36(19-7-1)41-30-42(37-20-8-2-9-21-37)32-43(31-41)44-33-45(54-56-49(38-22-10-3-11-23-38)51-50(57-54)47-28-16-17-29-48(47)61-51)35-46(34-44)55-59-52(39-24-12-4-13-25-39)58-53(60-55)40-26-14-5-15-27-40/h1-35H. The first-order chi connectivity index (χ1) is 30.2. The summed E-state index contributed by atoms with van der Waals surface area (Å²) in [6.07, 6.45) is 0. The van der Waals surface area contributed by atoms with E-state index >= 15 is 0 Å². The second kappa shape index (κ2) is 15.7. The normalized spacial score (nSPS) is 11.3. The number of thiophene rings is 1. The lowest BCUT2D eigenvalue weighted by Crippen LogP contribution is -2.01. The van der Waals surface area contributed by atoms with E-state index < -0.39 is 0 Å². The van der Waals surface area contributed by atoms with Gasteiger partial charge in [0.25, 0.3) is 0 Å². The molecule has 0 saturated heterocycles. The van der Waals surface area contributed by atoms with Crippen molar-refractivity contribution < 1.29 is 0 Å². The summed E-state index contributed by atoms with van der Waals surface area (Å²) in [5, 5.41) is 1.11. The molecule has 0 bridgehead atoms. The predicted octanol–water partition coefficient (Wildman–Crippen LogP) is 14.4. The highest BCUT2D eigenvalue weighted by molar-refractivity contribution is 7.26. The summed E-state index contributed by atoms with van der Waals surface area (Å²) in [6, 6.07) is 73.6. The van der Waals surface area contributed by atoms with Gasteiger partial charge in [0.05, 0.1) is 15.9 Å². The number of benzene rings is 8. The molecule has 0 unspecified atom stereocenters. The van der Waals surface area contributed by atoms with Crippen LogP contribution in [0.25, 0.3) is 110 Å². The van der Waals surface area contributed by atoms with E-state index in [4.69, 9.17) is 24.9 Å². The van der Waals surface area contributed by atoms with Crippen molar-refractivity contribution in [3.8, 4) is 90.2 Å². The molecule has 61 heavy (non-hydrogen) atoms. The zero-order valence-corrected chi connectivity index (χ0v) is 33.7. The Bertz CT molecular complexity index is 3080. The largest absolute Gasteiger partial charge is 0.226 e. The predicted molar refractivity (Wildman–Crippen MR) is 252 cm³/mol. The van der Waals surface area contributed by atoms with Crippen LogP contribution in [0.2, 0.25) is 0 Å². The van der Waals surface area contributed by atoms with Crippen molar-refractivity contribution in [3.05, 3.63) is 212 Å². The van der Waals surface area contributed by atoms with Crippen LogP contribution in [0.15, 0.2) is 212 Å². The van der Waals surface area contributed by atoms with Crippen LogP contribution >= 0.6 is 11.3 Å². The van der Waals surface area contributed by atoms with Gasteiger partial charge >= 0.3 is 0 Å². The lowest BCUT2D eigenvalue weighted by Gasteiger charge is -2.15. The highest BCUT2D eigenvalue weighted by Crippen LogP contribution is 2.41. The average Bonchev–Trinajstić information content (AvgIpc) is 3.73. The molecule has 11 rings (SSSR count). The molecule has 8 aromatic carbocycles. The van der Waals surface area contributed by atoms with Crippen LogP contribution in [-0.2, 0) is 0 Å². The summed E-state index contributed by atoms with van der Waals surface area (Å²) >= 11 is 1.73. The highest BCUT2D eigenvalue weighted by atomic mass is 32.1. The summed E-state index contributed by atoms with van der Waals surface area (Å²) in [7, 11) is 0. The van der Waals surface area contributed by atoms with E-state index in [0.717, 1.165) is 82.5 Å². The molecule has 0 aliphatic heterocycles. The van der Waals surface area contributed by atoms with Gasteiger partial charge in [-0.1, -0.05) is 170 Å². The minimum absolute atomic E-state index is 0.559. The third kappa shape index (κ3) is 7.16. The first kappa shape index (κ1) is 36.2. The third-order valence-corrected chi connectivity index (χ3v) is 12.1. The van der Waals surface area contributed by atoms with Gasteiger partial charge in [-0.15, -0.1) is 11.3 Å². The van der Waals surface area contributed by atoms with Crippen LogP contribution in [0, 0.1) is 0 Å². The smallest absolute Gasteiger partial charge is 0.164 e. The Kier molecular flexibility index (Phi) is 9.30. The lowest BCUT2D eigenvalue weighted by molar-refractivity contribution is 1.07. The Morgan fingerprint density at radius 1 is 0.262 bits per heavy atom. The van der Waals surface area contributed by atoms with Crippen molar-refractivity contribution in [2.24, 2.45) is 0 Å².